The SMILES string of the molecule is CCS(=O)(=O)c1ccc2c(c1)N([C@@H](C)c1ccccc1)C(=O)[C@H](NC(N)=O)C2. The third kappa shape index (κ3) is 3.73. The molecule has 148 valence electrons. The maximum atomic E-state index is 13.2. The van der Waals surface area contributed by atoms with Gasteiger partial charge in [-0.2, -0.15) is 0 Å². The van der Waals surface area contributed by atoms with E-state index in [1.54, 1.807) is 30.0 Å². The molecule has 1 aliphatic rings. The van der Waals surface area contributed by atoms with Gasteiger partial charge in [-0.25, -0.2) is 13.2 Å². The molecular formula is C20H23N3O4S. The highest BCUT2D eigenvalue weighted by atomic mass is 32.2. The fourth-order valence-electron chi connectivity index (χ4n) is 3.46. The summed E-state index contributed by atoms with van der Waals surface area (Å²) in [6.45, 7) is 3.45. The van der Waals surface area contributed by atoms with Crippen LogP contribution in [0, 0.1) is 0 Å². The molecule has 0 saturated heterocycles. The lowest BCUT2D eigenvalue weighted by molar-refractivity contribution is -0.121. The van der Waals surface area contributed by atoms with E-state index < -0.39 is 21.9 Å². The van der Waals surface area contributed by atoms with E-state index in [1.165, 1.54) is 0 Å². The molecule has 2 atom stereocenters. The van der Waals surface area contributed by atoms with Crippen LogP contribution in [0.1, 0.15) is 31.0 Å². The Morgan fingerprint density at radius 1 is 1.25 bits per heavy atom. The maximum absolute atomic E-state index is 13.2. The Balaban J connectivity index is 2.13. The monoisotopic (exact) mass is 401 g/mol. The van der Waals surface area contributed by atoms with Crippen LogP contribution in [0.3, 0.4) is 0 Å². The van der Waals surface area contributed by atoms with Gasteiger partial charge in [-0.3, -0.25) is 4.79 Å². The first-order valence-corrected chi connectivity index (χ1v) is 10.7. The number of hydrogen-bond donors (Lipinski definition) is 2. The topological polar surface area (TPSA) is 110 Å². The lowest BCUT2D eigenvalue weighted by atomic mass is 9.94. The van der Waals surface area contributed by atoms with Crippen molar-refractivity contribution in [2.45, 2.75) is 37.2 Å². The van der Waals surface area contributed by atoms with Gasteiger partial charge in [0.1, 0.15) is 6.04 Å². The molecule has 3 amide bonds. The van der Waals surface area contributed by atoms with Gasteiger partial charge in [0.05, 0.1) is 16.7 Å². The minimum Gasteiger partial charge on any atom is -0.352 e. The second-order valence-electron chi connectivity index (χ2n) is 6.75. The van der Waals surface area contributed by atoms with Crippen LogP contribution in [0.2, 0.25) is 0 Å². The van der Waals surface area contributed by atoms with Crippen molar-refractivity contribution >= 4 is 27.5 Å². The molecule has 1 heterocycles. The number of nitrogens with two attached hydrogens (primary N) is 1. The molecule has 2 aromatic rings. The number of nitrogens with one attached hydrogen (secondary N) is 1. The Hall–Kier alpha value is -2.87. The maximum Gasteiger partial charge on any atom is 0.312 e. The average Bonchev–Trinajstić information content (AvgIpc) is 2.68. The Kier molecular flexibility index (Phi) is 5.42. The highest BCUT2D eigenvalue weighted by Crippen LogP contribution is 2.36. The molecule has 0 fully saturated rings. The van der Waals surface area contributed by atoms with E-state index in [0.29, 0.717) is 5.69 Å². The molecule has 3 rings (SSSR count). The summed E-state index contributed by atoms with van der Waals surface area (Å²) >= 11 is 0. The minimum absolute atomic E-state index is 0.0279. The molecule has 1 aliphatic heterocycles. The number of anilines is 1. The van der Waals surface area contributed by atoms with Crippen LogP contribution in [-0.2, 0) is 21.1 Å². The van der Waals surface area contributed by atoms with Crippen molar-refractivity contribution in [3.8, 4) is 0 Å². The largest absolute Gasteiger partial charge is 0.352 e. The first-order chi connectivity index (χ1) is 13.2. The van der Waals surface area contributed by atoms with Gasteiger partial charge in [-0.15, -0.1) is 0 Å². The minimum atomic E-state index is -3.42. The van der Waals surface area contributed by atoms with Crippen molar-refractivity contribution in [2.24, 2.45) is 5.73 Å². The third-order valence-electron chi connectivity index (χ3n) is 5.00. The molecule has 2 aromatic carbocycles. The summed E-state index contributed by atoms with van der Waals surface area (Å²) in [5, 5.41) is 2.49. The molecule has 0 bridgehead atoms. The molecule has 8 heteroatoms. The van der Waals surface area contributed by atoms with Crippen molar-refractivity contribution in [3.63, 3.8) is 0 Å². The van der Waals surface area contributed by atoms with Gasteiger partial charge < -0.3 is 16.0 Å². The van der Waals surface area contributed by atoms with Crippen LogP contribution >= 0.6 is 0 Å². The Bertz CT molecular complexity index is 1010. The number of primary amides is 1. The smallest absolute Gasteiger partial charge is 0.312 e. The van der Waals surface area contributed by atoms with Gasteiger partial charge in [0, 0.05) is 12.1 Å². The van der Waals surface area contributed by atoms with E-state index in [0.717, 1.165) is 11.1 Å². The number of carbonyl (C=O) groups excluding carboxylic acids is 2. The quantitative estimate of drug-likeness (QED) is 0.800. The molecule has 0 saturated carbocycles. The van der Waals surface area contributed by atoms with E-state index in [-0.39, 0.29) is 29.0 Å². The van der Waals surface area contributed by atoms with Crippen molar-refractivity contribution in [2.75, 3.05) is 10.7 Å². The molecular weight excluding hydrogens is 378 g/mol. The zero-order chi connectivity index (χ0) is 20.5. The van der Waals surface area contributed by atoms with Crippen LogP contribution in [0.25, 0.3) is 0 Å². The van der Waals surface area contributed by atoms with E-state index in [1.807, 2.05) is 37.3 Å². The number of fused-ring (bicyclic) bond motifs is 1. The van der Waals surface area contributed by atoms with Gasteiger partial charge in [-0.1, -0.05) is 43.3 Å². The number of urea groups is 1. The van der Waals surface area contributed by atoms with E-state index in [9.17, 15) is 18.0 Å². The van der Waals surface area contributed by atoms with Crippen LogP contribution in [0.5, 0.6) is 0 Å². The number of amides is 3. The summed E-state index contributed by atoms with van der Waals surface area (Å²) in [6, 6.07) is 12.3. The van der Waals surface area contributed by atoms with Gasteiger partial charge in [0.15, 0.2) is 9.84 Å². The predicted octanol–water partition coefficient (Wildman–Crippen LogP) is 2.17. The first-order valence-electron chi connectivity index (χ1n) is 9.04. The summed E-state index contributed by atoms with van der Waals surface area (Å²) in [5.41, 5.74) is 7.45. The van der Waals surface area contributed by atoms with Gasteiger partial charge in [-0.05, 0) is 30.2 Å². The summed E-state index contributed by atoms with van der Waals surface area (Å²) in [5.74, 6) is -0.353. The van der Waals surface area contributed by atoms with Crippen molar-refractivity contribution < 1.29 is 18.0 Å². The number of hydrogen-bond acceptors (Lipinski definition) is 4. The van der Waals surface area contributed by atoms with Crippen molar-refractivity contribution in [1.82, 2.24) is 5.32 Å². The highest BCUT2D eigenvalue weighted by molar-refractivity contribution is 7.91. The normalized spacial score (nSPS) is 17.7. The molecule has 3 N–H and O–H groups in total. The van der Waals surface area contributed by atoms with Crippen molar-refractivity contribution in [1.29, 1.82) is 0 Å². The second-order valence-corrected chi connectivity index (χ2v) is 9.03. The summed E-state index contributed by atoms with van der Waals surface area (Å²) in [7, 11) is -3.42. The van der Waals surface area contributed by atoms with Crippen molar-refractivity contribution in [3.05, 3.63) is 59.7 Å². The van der Waals surface area contributed by atoms with Gasteiger partial charge >= 0.3 is 6.03 Å². The molecule has 0 spiro atoms. The van der Waals surface area contributed by atoms with Crippen LogP contribution in [0.4, 0.5) is 10.5 Å². The zero-order valence-corrected chi connectivity index (χ0v) is 16.6. The Labute approximate surface area is 164 Å². The molecule has 0 aromatic heterocycles. The fraction of sp³-hybridized carbons (Fsp3) is 0.300. The lowest BCUT2D eigenvalue weighted by Crippen LogP contribution is -2.54. The lowest BCUT2D eigenvalue weighted by Gasteiger charge is -2.38. The average molecular weight is 401 g/mol. The van der Waals surface area contributed by atoms with Crippen LogP contribution < -0.4 is 16.0 Å². The summed E-state index contributed by atoms with van der Waals surface area (Å²) in [6.07, 6.45) is 0.252. The van der Waals surface area contributed by atoms with E-state index in [2.05, 4.69) is 5.32 Å². The first kappa shape index (κ1) is 19.9. The van der Waals surface area contributed by atoms with Crippen LogP contribution in [0.15, 0.2) is 53.4 Å². The summed E-state index contributed by atoms with van der Waals surface area (Å²) < 4.78 is 24.7. The fourth-order valence-corrected chi connectivity index (χ4v) is 4.36. The predicted molar refractivity (Wildman–Crippen MR) is 107 cm³/mol. The van der Waals surface area contributed by atoms with Crippen LogP contribution in [-0.4, -0.2) is 32.2 Å². The molecule has 28 heavy (non-hydrogen) atoms. The molecule has 0 unspecified atom stereocenters. The summed E-state index contributed by atoms with van der Waals surface area (Å²) in [4.78, 5) is 26.3. The number of nitrogens with zero attached hydrogens (tertiary/aromatic N) is 1. The number of sulfone groups is 1. The second kappa shape index (κ2) is 7.63. The van der Waals surface area contributed by atoms with Gasteiger partial charge in [0.25, 0.3) is 5.91 Å². The number of benzene rings is 2. The Morgan fingerprint density at radius 3 is 2.54 bits per heavy atom. The standard InChI is InChI=1S/C20H23N3O4S/c1-3-28(26,27)16-10-9-15-11-17(22-20(21)25)19(24)23(18(15)12-16)13(2)14-7-5-4-6-8-14/h4-10,12-13,17H,3,11H2,1-2H3,(H3,21,22,25)/t13-,17+/m0/s1. The number of carbonyl (C=O) groups is 2. The molecule has 7 nitrogen and oxygen atoms in total. The molecule has 0 radical (unpaired) electrons. The van der Waals surface area contributed by atoms with Gasteiger partial charge in [0.2, 0.25) is 0 Å². The zero-order valence-electron chi connectivity index (χ0n) is 15.8. The Morgan fingerprint density at radius 2 is 1.93 bits per heavy atom. The van der Waals surface area contributed by atoms with E-state index in [4.69, 9.17) is 5.73 Å². The molecule has 0 aliphatic carbocycles. The highest BCUT2D eigenvalue weighted by Gasteiger charge is 2.37. The third-order valence-corrected chi connectivity index (χ3v) is 6.73. The van der Waals surface area contributed by atoms with E-state index >= 15 is 0 Å². The number of rotatable bonds is 5.